The van der Waals surface area contributed by atoms with Crippen LogP contribution < -0.4 is 9.47 Å². The van der Waals surface area contributed by atoms with Crippen LogP contribution in [0, 0.1) is 0 Å². The molecule has 0 aromatic heterocycles. The quantitative estimate of drug-likeness (QED) is 0.787. The van der Waals surface area contributed by atoms with Gasteiger partial charge in [0.15, 0.2) is 24.4 Å². The Morgan fingerprint density at radius 2 is 2.06 bits per heavy atom. The minimum Gasteiger partial charge on any atom is -0.493 e. The average Bonchev–Trinajstić information content (AvgIpc) is 2.24. The van der Waals surface area contributed by atoms with E-state index in [1.54, 1.807) is 0 Å². The Morgan fingerprint density at radius 3 is 2.53 bits per heavy atom. The summed E-state index contributed by atoms with van der Waals surface area (Å²) in [6.45, 7) is -1.51. The number of aldehydes is 1. The number of methoxy groups -OCH3 is 1. The fourth-order valence-corrected chi connectivity index (χ4v) is 1.35. The van der Waals surface area contributed by atoms with Gasteiger partial charge < -0.3 is 9.47 Å². The molecule has 1 rings (SSSR count). The van der Waals surface area contributed by atoms with Crippen molar-refractivity contribution in [3.05, 3.63) is 22.7 Å². The van der Waals surface area contributed by atoms with Gasteiger partial charge in [-0.2, -0.15) is 13.2 Å². The van der Waals surface area contributed by atoms with E-state index in [1.807, 2.05) is 0 Å². The van der Waals surface area contributed by atoms with Gasteiger partial charge in [-0.15, -0.1) is 0 Å². The number of benzene rings is 1. The molecule has 1 aromatic carbocycles. The predicted octanol–water partition coefficient (Wildman–Crippen LogP) is 3.10. The highest BCUT2D eigenvalue weighted by molar-refractivity contribution is 6.31. The van der Waals surface area contributed by atoms with Gasteiger partial charge in [-0.05, 0) is 6.07 Å². The molecule has 94 valence electrons. The second-order valence-electron chi connectivity index (χ2n) is 3.05. The van der Waals surface area contributed by atoms with E-state index in [0.717, 1.165) is 0 Å². The smallest absolute Gasteiger partial charge is 0.422 e. The molecule has 0 saturated heterocycles. The maximum absolute atomic E-state index is 12.0. The van der Waals surface area contributed by atoms with Crippen LogP contribution in [0.2, 0.25) is 5.02 Å². The summed E-state index contributed by atoms with van der Waals surface area (Å²) < 4.78 is 45.4. The molecule has 0 unspecified atom stereocenters. The van der Waals surface area contributed by atoms with E-state index in [2.05, 4.69) is 4.74 Å². The van der Waals surface area contributed by atoms with Crippen molar-refractivity contribution in [1.82, 2.24) is 0 Å². The van der Waals surface area contributed by atoms with Gasteiger partial charge in [-0.1, -0.05) is 11.6 Å². The van der Waals surface area contributed by atoms with Crippen LogP contribution in [0.4, 0.5) is 13.2 Å². The van der Waals surface area contributed by atoms with Gasteiger partial charge >= 0.3 is 6.18 Å². The van der Waals surface area contributed by atoms with E-state index < -0.39 is 12.8 Å². The van der Waals surface area contributed by atoms with Crippen LogP contribution in [0.25, 0.3) is 0 Å². The molecule has 3 nitrogen and oxygen atoms in total. The van der Waals surface area contributed by atoms with Crippen LogP contribution in [0.5, 0.6) is 11.5 Å². The van der Waals surface area contributed by atoms with Crippen LogP contribution in [-0.2, 0) is 0 Å². The van der Waals surface area contributed by atoms with Crippen LogP contribution in [0.15, 0.2) is 12.1 Å². The number of alkyl halides is 3. The lowest BCUT2D eigenvalue weighted by Crippen LogP contribution is -2.20. The molecule has 17 heavy (non-hydrogen) atoms. The second-order valence-corrected chi connectivity index (χ2v) is 3.48. The van der Waals surface area contributed by atoms with E-state index in [9.17, 15) is 18.0 Å². The highest BCUT2D eigenvalue weighted by atomic mass is 35.5. The van der Waals surface area contributed by atoms with Crippen LogP contribution in [-0.4, -0.2) is 26.2 Å². The number of hydrogen-bond donors (Lipinski definition) is 0. The topological polar surface area (TPSA) is 35.5 Å². The van der Waals surface area contributed by atoms with E-state index in [4.69, 9.17) is 16.3 Å². The van der Waals surface area contributed by atoms with E-state index >= 15 is 0 Å². The largest absolute Gasteiger partial charge is 0.493 e. The van der Waals surface area contributed by atoms with Gasteiger partial charge in [0.25, 0.3) is 0 Å². The molecule has 0 N–H and O–H groups in total. The Labute approximate surface area is 100 Å². The molecule has 0 radical (unpaired) electrons. The Bertz CT molecular complexity index is 418. The number of rotatable bonds is 4. The summed E-state index contributed by atoms with van der Waals surface area (Å²) in [5.41, 5.74) is -0.0985. The normalized spacial score (nSPS) is 11.1. The molecule has 0 spiro atoms. The number of halogens is 4. The number of ether oxygens (including phenoxy) is 2. The Balaban J connectivity index is 3.07. The van der Waals surface area contributed by atoms with Crippen molar-refractivity contribution in [2.24, 2.45) is 0 Å². The SMILES string of the molecule is COc1cc(Cl)cc(C=O)c1OCC(F)(F)F. The maximum atomic E-state index is 12.0. The van der Waals surface area contributed by atoms with Crippen molar-refractivity contribution in [2.75, 3.05) is 13.7 Å². The summed E-state index contributed by atoms with van der Waals surface area (Å²) in [6.07, 6.45) is -4.15. The van der Waals surface area contributed by atoms with Crippen molar-refractivity contribution in [3.63, 3.8) is 0 Å². The van der Waals surface area contributed by atoms with Crippen LogP contribution >= 0.6 is 11.6 Å². The molecule has 0 atom stereocenters. The third-order valence-corrected chi connectivity index (χ3v) is 1.99. The number of hydrogen-bond acceptors (Lipinski definition) is 3. The standard InChI is InChI=1S/C10H8ClF3O3/c1-16-8-3-7(11)2-6(4-15)9(8)17-5-10(12,13)14/h2-4H,5H2,1H3. The van der Waals surface area contributed by atoms with Gasteiger partial charge in [0.05, 0.1) is 12.7 Å². The molecule has 0 aliphatic rings. The van der Waals surface area contributed by atoms with E-state index in [0.29, 0.717) is 6.29 Å². The van der Waals surface area contributed by atoms with Crippen LogP contribution in [0.1, 0.15) is 10.4 Å². The number of carbonyl (C=O) groups excluding carboxylic acids is 1. The first-order chi connectivity index (χ1) is 7.87. The molecule has 0 fully saturated rings. The van der Waals surface area contributed by atoms with Crippen molar-refractivity contribution in [2.45, 2.75) is 6.18 Å². The van der Waals surface area contributed by atoms with Crippen molar-refractivity contribution in [3.8, 4) is 11.5 Å². The molecule has 7 heteroatoms. The summed E-state index contributed by atoms with van der Waals surface area (Å²) >= 11 is 5.65. The van der Waals surface area contributed by atoms with Gasteiger partial charge in [0.2, 0.25) is 0 Å². The molecule has 0 aliphatic heterocycles. The van der Waals surface area contributed by atoms with Gasteiger partial charge in [0.1, 0.15) is 0 Å². The summed E-state index contributed by atoms with van der Waals surface area (Å²) in [4.78, 5) is 10.7. The minimum absolute atomic E-state index is 0.0242. The fraction of sp³-hybridized carbons (Fsp3) is 0.300. The van der Waals surface area contributed by atoms with Crippen molar-refractivity contribution in [1.29, 1.82) is 0 Å². The van der Waals surface area contributed by atoms with Gasteiger partial charge in [-0.3, -0.25) is 4.79 Å². The lowest BCUT2D eigenvalue weighted by Gasteiger charge is -2.14. The molecule has 1 aromatic rings. The zero-order valence-corrected chi connectivity index (χ0v) is 9.43. The molecule has 0 heterocycles. The lowest BCUT2D eigenvalue weighted by molar-refractivity contribution is -0.153. The summed E-state index contributed by atoms with van der Waals surface area (Å²) in [7, 11) is 1.24. The highest BCUT2D eigenvalue weighted by Crippen LogP contribution is 2.34. The third-order valence-electron chi connectivity index (χ3n) is 1.78. The van der Waals surface area contributed by atoms with Gasteiger partial charge in [-0.25, -0.2) is 0 Å². The fourth-order valence-electron chi connectivity index (χ4n) is 1.14. The zero-order valence-electron chi connectivity index (χ0n) is 8.68. The average molecular weight is 269 g/mol. The van der Waals surface area contributed by atoms with Gasteiger partial charge in [0, 0.05) is 11.1 Å². The van der Waals surface area contributed by atoms with Crippen LogP contribution in [0.3, 0.4) is 0 Å². The molecule has 0 aliphatic carbocycles. The zero-order chi connectivity index (χ0) is 13.1. The van der Waals surface area contributed by atoms with Crippen molar-refractivity contribution < 1.29 is 27.4 Å². The molecular formula is C10H8ClF3O3. The Hall–Kier alpha value is -1.43. The first kappa shape index (κ1) is 13.6. The maximum Gasteiger partial charge on any atom is 0.422 e. The molecule has 0 bridgehead atoms. The first-order valence-corrected chi connectivity index (χ1v) is 4.77. The first-order valence-electron chi connectivity index (χ1n) is 4.39. The minimum atomic E-state index is -4.50. The summed E-state index contributed by atoms with van der Waals surface area (Å²) in [5, 5.41) is 0.170. The van der Waals surface area contributed by atoms with E-state index in [-0.39, 0.29) is 22.1 Å². The molecule has 0 amide bonds. The second kappa shape index (κ2) is 5.27. The Morgan fingerprint density at radius 1 is 1.41 bits per heavy atom. The monoisotopic (exact) mass is 268 g/mol. The predicted molar refractivity (Wildman–Crippen MR) is 54.9 cm³/mol. The van der Waals surface area contributed by atoms with E-state index in [1.165, 1.54) is 19.2 Å². The number of carbonyl (C=O) groups is 1. The summed E-state index contributed by atoms with van der Waals surface area (Å²) in [5.74, 6) is -0.298. The van der Waals surface area contributed by atoms with Crippen molar-refractivity contribution >= 4 is 17.9 Å². The molecular weight excluding hydrogens is 261 g/mol. The Kier molecular flexibility index (Phi) is 4.22. The molecule has 0 saturated carbocycles. The summed E-state index contributed by atoms with van der Waals surface area (Å²) in [6, 6.07) is 2.46. The highest BCUT2D eigenvalue weighted by Gasteiger charge is 2.29. The lowest BCUT2D eigenvalue weighted by atomic mass is 10.2. The third kappa shape index (κ3) is 3.81.